The molecule has 0 aliphatic heterocycles. The molecule has 0 fully saturated rings. The van der Waals surface area contributed by atoms with Gasteiger partial charge in [0.25, 0.3) is 0 Å². The molecular weight excluding hydrogens is 177 g/mol. The Bertz CT molecular complexity index is 27.7. The van der Waals surface area contributed by atoms with Crippen molar-refractivity contribution in [1.29, 1.82) is 0 Å². The summed E-state index contributed by atoms with van der Waals surface area (Å²) >= 11 is 0. The second-order valence-corrected chi connectivity index (χ2v) is 1.36. The van der Waals surface area contributed by atoms with Crippen LogP contribution in [0.5, 0.6) is 0 Å². The standard InChI is InChI=1S/C6H13O.Y/c1-3-5-6-7-4-2;/h5H,3-4,6H2,1-2H3;/q-1;. The number of unbranched alkanes of at least 4 members (excludes halogenated alkanes) is 1. The summed E-state index contributed by atoms with van der Waals surface area (Å²) in [6.45, 7) is 5.76. The molecule has 0 saturated carbocycles. The molecule has 0 unspecified atom stereocenters. The third-order valence-electron chi connectivity index (χ3n) is 0.729. The SMILES string of the molecule is CC[CH-]COCC.[Y]. The first kappa shape index (κ1) is 11.8. The third kappa shape index (κ3) is 10.1. The van der Waals surface area contributed by atoms with E-state index in [0.29, 0.717) is 0 Å². The van der Waals surface area contributed by atoms with E-state index in [2.05, 4.69) is 13.3 Å². The van der Waals surface area contributed by atoms with E-state index in [4.69, 9.17) is 4.74 Å². The summed E-state index contributed by atoms with van der Waals surface area (Å²) in [4.78, 5) is 0. The van der Waals surface area contributed by atoms with Crippen LogP contribution in [0.25, 0.3) is 0 Å². The second kappa shape index (κ2) is 10.9. The molecule has 0 atom stereocenters. The molecule has 0 aromatic carbocycles. The van der Waals surface area contributed by atoms with Crippen LogP contribution in [0.2, 0.25) is 0 Å². The molecule has 0 aromatic heterocycles. The molecule has 0 saturated heterocycles. The fourth-order valence-electron chi connectivity index (χ4n) is 0.319. The zero-order chi connectivity index (χ0) is 5.54. The van der Waals surface area contributed by atoms with Crippen molar-refractivity contribution in [3.63, 3.8) is 0 Å². The van der Waals surface area contributed by atoms with Gasteiger partial charge in [-0.05, 0) is 6.92 Å². The Morgan fingerprint density at radius 2 is 2.00 bits per heavy atom. The molecule has 0 amide bonds. The van der Waals surface area contributed by atoms with E-state index >= 15 is 0 Å². The van der Waals surface area contributed by atoms with Gasteiger partial charge in [0.1, 0.15) is 0 Å². The van der Waals surface area contributed by atoms with Gasteiger partial charge in [-0.3, -0.25) is 0 Å². The van der Waals surface area contributed by atoms with Crippen LogP contribution in [0, 0.1) is 6.42 Å². The van der Waals surface area contributed by atoms with Crippen molar-refractivity contribution < 1.29 is 37.4 Å². The third-order valence-corrected chi connectivity index (χ3v) is 0.729. The fourth-order valence-corrected chi connectivity index (χ4v) is 0.319. The van der Waals surface area contributed by atoms with Gasteiger partial charge in [0.15, 0.2) is 0 Å². The van der Waals surface area contributed by atoms with Gasteiger partial charge < -0.3 is 11.2 Å². The molecule has 0 spiro atoms. The normalized spacial score (nSPS) is 8.25. The Balaban J connectivity index is 0. The quantitative estimate of drug-likeness (QED) is 0.483. The summed E-state index contributed by atoms with van der Waals surface area (Å²) in [6, 6.07) is 0. The van der Waals surface area contributed by atoms with Crippen LogP contribution in [0.3, 0.4) is 0 Å². The molecule has 8 heavy (non-hydrogen) atoms. The summed E-state index contributed by atoms with van der Waals surface area (Å²) in [6.07, 6.45) is 3.23. The summed E-state index contributed by atoms with van der Waals surface area (Å²) < 4.78 is 5.02. The monoisotopic (exact) mass is 190 g/mol. The smallest absolute Gasteiger partial charge is 0.0402 e. The zero-order valence-corrected chi connectivity index (χ0v) is 8.52. The first-order valence-electron chi connectivity index (χ1n) is 2.81. The minimum atomic E-state index is 0. The van der Waals surface area contributed by atoms with Gasteiger partial charge >= 0.3 is 0 Å². The van der Waals surface area contributed by atoms with E-state index in [0.717, 1.165) is 19.6 Å². The zero-order valence-electron chi connectivity index (χ0n) is 5.68. The van der Waals surface area contributed by atoms with Gasteiger partial charge in [-0.2, -0.15) is 6.42 Å². The Kier molecular flexibility index (Phi) is 16.2. The van der Waals surface area contributed by atoms with Crippen LogP contribution in [0.4, 0.5) is 0 Å². The number of ether oxygens (including phenoxy) is 1. The second-order valence-electron chi connectivity index (χ2n) is 1.36. The first-order chi connectivity index (χ1) is 3.41. The molecule has 0 aliphatic carbocycles. The number of hydrogen-bond donors (Lipinski definition) is 0. The van der Waals surface area contributed by atoms with Gasteiger partial charge in [0.05, 0.1) is 0 Å². The summed E-state index contributed by atoms with van der Waals surface area (Å²) in [5, 5.41) is 0. The molecule has 1 radical (unpaired) electrons. The predicted molar refractivity (Wildman–Crippen MR) is 31.1 cm³/mol. The van der Waals surface area contributed by atoms with Gasteiger partial charge in [-0.25, -0.2) is 0 Å². The number of rotatable bonds is 4. The van der Waals surface area contributed by atoms with Crippen molar-refractivity contribution in [3.05, 3.63) is 6.42 Å². The van der Waals surface area contributed by atoms with Crippen molar-refractivity contribution in [3.8, 4) is 0 Å². The first-order valence-corrected chi connectivity index (χ1v) is 2.81. The summed E-state index contributed by atoms with van der Waals surface area (Å²) in [5.74, 6) is 0. The van der Waals surface area contributed by atoms with Crippen LogP contribution < -0.4 is 0 Å². The van der Waals surface area contributed by atoms with Gasteiger partial charge in [-0.15, -0.1) is 0 Å². The minimum Gasteiger partial charge on any atom is -0.413 e. The molecule has 0 N–H and O–H groups in total. The van der Waals surface area contributed by atoms with Crippen molar-refractivity contribution in [1.82, 2.24) is 0 Å². The van der Waals surface area contributed by atoms with Gasteiger partial charge in [0, 0.05) is 39.3 Å². The molecular formula is C6H13OY-. The maximum absolute atomic E-state index is 5.02. The largest absolute Gasteiger partial charge is 0.413 e. The number of hydrogen-bond acceptors (Lipinski definition) is 1. The van der Waals surface area contributed by atoms with E-state index in [1.165, 1.54) is 0 Å². The van der Waals surface area contributed by atoms with E-state index in [1.807, 2.05) is 6.92 Å². The van der Waals surface area contributed by atoms with Crippen LogP contribution >= 0.6 is 0 Å². The van der Waals surface area contributed by atoms with Crippen molar-refractivity contribution in [2.24, 2.45) is 0 Å². The van der Waals surface area contributed by atoms with Crippen LogP contribution in [-0.4, -0.2) is 13.2 Å². The summed E-state index contributed by atoms with van der Waals surface area (Å²) in [5.41, 5.74) is 0. The van der Waals surface area contributed by atoms with Crippen molar-refractivity contribution in [2.75, 3.05) is 13.2 Å². The van der Waals surface area contributed by atoms with Crippen molar-refractivity contribution >= 4 is 0 Å². The van der Waals surface area contributed by atoms with Crippen LogP contribution in [-0.2, 0) is 37.4 Å². The average molecular weight is 190 g/mol. The molecule has 2 heteroatoms. The molecule has 0 bridgehead atoms. The van der Waals surface area contributed by atoms with Gasteiger partial charge in [-0.1, -0.05) is 13.5 Å². The molecule has 0 heterocycles. The van der Waals surface area contributed by atoms with E-state index in [1.54, 1.807) is 0 Å². The topological polar surface area (TPSA) is 9.23 Å². The Morgan fingerprint density at radius 3 is 2.38 bits per heavy atom. The maximum Gasteiger partial charge on any atom is 0.0402 e. The Hall–Kier alpha value is 1.06. The molecule has 0 rings (SSSR count). The maximum atomic E-state index is 5.02. The van der Waals surface area contributed by atoms with Crippen LogP contribution in [0.15, 0.2) is 0 Å². The predicted octanol–water partition coefficient (Wildman–Crippen LogP) is 1.63. The minimum absolute atomic E-state index is 0. The van der Waals surface area contributed by atoms with Crippen LogP contribution in [0.1, 0.15) is 20.3 Å². The van der Waals surface area contributed by atoms with E-state index in [9.17, 15) is 0 Å². The molecule has 47 valence electrons. The Morgan fingerprint density at radius 1 is 1.38 bits per heavy atom. The van der Waals surface area contributed by atoms with E-state index < -0.39 is 0 Å². The molecule has 1 nitrogen and oxygen atoms in total. The molecule has 0 aromatic rings. The average Bonchev–Trinajstić information content (AvgIpc) is 1.69. The molecule has 0 aliphatic rings. The fraction of sp³-hybridized carbons (Fsp3) is 0.833. The van der Waals surface area contributed by atoms with Gasteiger partial charge in [0.2, 0.25) is 0 Å². The summed E-state index contributed by atoms with van der Waals surface area (Å²) in [7, 11) is 0. The van der Waals surface area contributed by atoms with Crippen molar-refractivity contribution in [2.45, 2.75) is 20.3 Å². The Labute approximate surface area is 77.1 Å². The van der Waals surface area contributed by atoms with E-state index in [-0.39, 0.29) is 32.7 Å².